The summed E-state index contributed by atoms with van der Waals surface area (Å²) in [6.07, 6.45) is 0.818. The quantitative estimate of drug-likeness (QED) is 0.426. The number of carbonyl (C=O) groups excluding carboxylic acids is 3. The van der Waals surface area contributed by atoms with Crippen LogP contribution in [-0.4, -0.2) is 46.7 Å². The van der Waals surface area contributed by atoms with Gasteiger partial charge in [0.1, 0.15) is 11.5 Å². The van der Waals surface area contributed by atoms with Crippen molar-refractivity contribution in [3.05, 3.63) is 64.6 Å². The lowest BCUT2D eigenvalue weighted by Gasteiger charge is -2.28. The SMILES string of the molecule is N/C(=C\C=C(/N)NC(=O)CN1CCCC2=C1C(=O)N(C1CC1)C2=O)c1cccc(C(F)(F)F)c1. The summed E-state index contributed by atoms with van der Waals surface area (Å²) in [6, 6.07) is 4.48. The van der Waals surface area contributed by atoms with Gasteiger partial charge < -0.3 is 21.7 Å². The van der Waals surface area contributed by atoms with Crippen molar-refractivity contribution in [2.45, 2.75) is 37.9 Å². The number of halogens is 3. The number of rotatable bonds is 6. The second kappa shape index (κ2) is 8.88. The van der Waals surface area contributed by atoms with Crippen LogP contribution in [0.15, 0.2) is 53.5 Å². The van der Waals surface area contributed by atoms with Gasteiger partial charge >= 0.3 is 6.18 Å². The zero-order chi connectivity index (χ0) is 24.6. The van der Waals surface area contributed by atoms with Crippen LogP contribution in [0.4, 0.5) is 13.2 Å². The molecule has 1 aliphatic carbocycles. The minimum Gasteiger partial charge on any atom is -0.398 e. The maximum atomic E-state index is 12.9. The van der Waals surface area contributed by atoms with Crippen LogP contribution in [-0.2, 0) is 20.6 Å². The van der Waals surface area contributed by atoms with E-state index in [9.17, 15) is 27.6 Å². The van der Waals surface area contributed by atoms with Gasteiger partial charge in [-0.05, 0) is 55.5 Å². The highest BCUT2D eigenvalue weighted by atomic mass is 19.4. The summed E-state index contributed by atoms with van der Waals surface area (Å²) in [5, 5.41) is 2.47. The molecule has 34 heavy (non-hydrogen) atoms. The molecule has 3 amide bonds. The lowest BCUT2D eigenvalue weighted by Crippen LogP contribution is -2.42. The van der Waals surface area contributed by atoms with Crippen LogP contribution in [0.1, 0.15) is 36.8 Å². The lowest BCUT2D eigenvalue weighted by atomic mass is 10.0. The Morgan fingerprint density at radius 1 is 1.15 bits per heavy atom. The van der Waals surface area contributed by atoms with Gasteiger partial charge in [0.15, 0.2) is 0 Å². The first-order valence-electron chi connectivity index (χ1n) is 10.8. The highest BCUT2D eigenvalue weighted by molar-refractivity contribution is 6.19. The fraction of sp³-hybridized carbons (Fsp3) is 0.348. The molecule has 2 aliphatic heterocycles. The number of hydrogen-bond donors (Lipinski definition) is 3. The van der Waals surface area contributed by atoms with Crippen molar-refractivity contribution < 1.29 is 27.6 Å². The summed E-state index contributed by atoms with van der Waals surface area (Å²) in [5.74, 6) is -1.18. The van der Waals surface area contributed by atoms with E-state index in [0.29, 0.717) is 25.0 Å². The Hall–Kier alpha value is -3.76. The molecule has 1 aromatic carbocycles. The number of carbonyl (C=O) groups is 3. The predicted molar refractivity (Wildman–Crippen MR) is 117 cm³/mol. The minimum atomic E-state index is -4.50. The van der Waals surface area contributed by atoms with Crippen LogP contribution < -0.4 is 16.8 Å². The number of nitrogens with two attached hydrogens (primary N) is 2. The largest absolute Gasteiger partial charge is 0.416 e. The molecule has 3 aliphatic rings. The summed E-state index contributed by atoms with van der Waals surface area (Å²) in [7, 11) is 0. The van der Waals surface area contributed by atoms with Gasteiger partial charge in [-0.2, -0.15) is 13.2 Å². The van der Waals surface area contributed by atoms with Crippen LogP contribution in [0.3, 0.4) is 0 Å². The molecular weight excluding hydrogens is 451 g/mol. The lowest BCUT2D eigenvalue weighted by molar-refractivity contribution is -0.139. The fourth-order valence-corrected chi connectivity index (χ4v) is 4.08. The third-order valence-electron chi connectivity index (χ3n) is 5.85. The number of amides is 3. The van der Waals surface area contributed by atoms with E-state index in [-0.39, 0.29) is 47.2 Å². The normalized spacial score (nSPS) is 19.6. The average Bonchev–Trinajstić information content (AvgIpc) is 3.58. The van der Waals surface area contributed by atoms with E-state index in [2.05, 4.69) is 5.32 Å². The number of alkyl halides is 3. The second-order valence-corrected chi connectivity index (χ2v) is 8.43. The van der Waals surface area contributed by atoms with Crippen LogP contribution in [0.25, 0.3) is 5.70 Å². The summed E-state index contributed by atoms with van der Waals surface area (Å²) >= 11 is 0. The highest BCUT2D eigenvalue weighted by Crippen LogP contribution is 2.38. The molecule has 0 atom stereocenters. The molecule has 1 saturated carbocycles. The van der Waals surface area contributed by atoms with Gasteiger partial charge in [-0.1, -0.05) is 12.1 Å². The first kappa shape index (κ1) is 23.4. The summed E-state index contributed by atoms with van der Waals surface area (Å²) < 4.78 is 38.6. The molecule has 0 unspecified atom stereocenters. The summed E-state index contributed by atoms with van der Waals surface area (Å²) in [4.78, 5) is 40.8. The van der Waals surface area contributed by atoms with E-state index < -0.39 is 17.6 Å². The van der Waals surface area contributed by atoms with Crippen LogP contribution in [0, 0.1) is 0 Å². The molecule has 0 spiro atoms. The van der Waals surface area contributed by atoms with Crippen molar-refractivity contribution in [2.24, 2.45) is 11.5 Å². The molecule has 2 heterocycles. The zero-order valence-corrected chi connectivity index (χ0v) is 18.2. The molecular formula is C23H24F3N5O3. The van der Waals surface area contributed by atoms with E-state index >= 15 is 0 Å². The number of nitrogens with zero attached hydrogens (tertiary/aromatic N) is 2. The molecule has 11 heteroatoms. The van der Waals surface area contributed by atoms with Crippen molar-refractivity contribution in [3.8, 4) is 0 Å². The summed E-state index contributed by atoms with van der Waals surface area (Å²) in [5.41, 5.74) is 11.8. The zero-order valence-electron chi connectivity index (χ0n) is 18.2. The van der Waals surface area contributed by atoms with Gasteiger partial charge in [0.2, 0.25) is 5.91 Å². The number of allylic oxidation sites excluding steroid dienone is 2. The van der Waals surface area contributed by atoms with E-state index in [4.69, 9.17) is 11.5 Å². The van der Waals surface area contributed by atoms with Crippen molar-refractivity contribution in [2.75, 3.05) is 13.1 Å². The van der Waals surface area contributed by atoms with E-state index in [1.165, 1.54) is 29.2 Å². The number of imide groups is 1. The third kappa shape index (κ3) is 4.78. The molecule has 1 aromatic rings. The minimum absolute atomic E-state index is 0.0318. The fourth-order valence-electron chi connectivity index (χ4n) is 4.08. The van der Waals surface area contributed by atoms with Gasteiger partial charge in [0.25, 0.3) is 11.8 Å². The van der Waals surface area contributed by atoms with Crippen LogP contribution in [0.5, 0.6) is 0 Å². The Morgan fingerprint density at radius 2 is 1.88 bits per heavy atom. The molecule has 8 nitrogen and oxygen atoms in total. The van der Waals surface area contributed by atoms with Gasteiger partial charge in [-0.15, -0.1) is 0 Å². The highest BCUT2D eigenvalue weighted by Gasteiger charge is 2.48. The first-order chi connectivity index (χ1) is 16.1. The monoisotopic (exact) mass is 475 g/mol. The maximum Gasteiger partial charge on any atom is 0.416 e. The van der Waals surface area contributed by atoms with Crippen molar-refractivity contribution >= 4 is 23.4 Å². The molecule has 5 N–H and O–H groups in total. The number of benzene rings is 1. The second-order valence-electron chi connectivity index (χ2n) is 8.43. The molecule has 0 saturated heterocycles. The summed E-state index contributed by atoms with van der Waals surface area (Å²) in [6.45, 7) is 0.285. The standard InChI is InChI=1S/C23H24F3N5O3/c24-23(25,26)14-4-1-3-13(11-14)17(27)8-9-18(28)29-19(32)12-30-10-2-5-16-20(30)22(34)31(21(16)33)15-6-7-15/h1,3-4,8-9,11,15H,2,5-7,10,12,27-28H2,(H,29,32)/b17-8-,18-9+. The number of nitrogens with one attached hydrogen (secondary N) is 1. The third-order valence-corrected chi connectivity index (χ3v) is 5.85. The molecule has 0 aromatic heterocycles. The molecule has 1 fully saturated rings. The molecule has 0 bridgehead atoms. The van der Waals surface area contributed by atoms with Gasteiger partial charge in [0, 0.05) is 23.9 Å². The molecule has 180 valence electrons. The molecule has 4 rings (SSSR count). The van der Waals surface area contributed by atoms with Gasteiger partial charge in [-0.3, -0.25) is 19.3 Å². The van der Waals surface area contributed by atoms with Crippen molar-refractivity contribution in [3.63, 3.8) is 0 Å². The van der Waals surface area contributed by atoms with Crippen LogP contribution >= 0.6 is 0 Å². The molecule has 0 radical (unpaired) electrons. The maximum absolute atomic E-state index is 12.9. The predicted octanol–water partition coefficient (Wildman–Crippen LogP) is 1.80. The Balaban J connectivity index is 1.40. The first-order valence-corrected chi connectivity index (χ1v) is 10.8. The smallest absolute Gasteiger partial charge is 0.398 e. The Labute approximate surface area is 193 Å². The van der Waals surface area contributed by atoms with E-state index in [1.807, 2.05) is 0 Å². The Kier molecular flexibility index (Phi) is 6.11. The van der Waals surface area contributed by atoms with Crippen LogP contribution in [0.2, 0.25) is 0 Å². The Morgan fingerprint density at radius 3 is 2.56 bits per heavy atom. The van der Waals surface area contributed by atoms with Crippen molar-refractivity contribution in [1.82, 2.24) is 15.1 Å². The Bertz CT molecular complexity index is 1130. The van der Waals surface area contributed by atoms with E-state index in [1.54, 1.807) is 4.90 Å². The van der Waals surface area contributed by atoms with Gasteiger partial charge in [0.05, 0.1) is 12.1 Å². The van der Waals surface area contributed by atoms with Gasteiger partial charge in [-0.25, -0.2) is 0 Å². The average molecular weight is 475 g/mol. The topological polar surface area (TPSA) is 122 Å². The van der Waals surface area contributed by atoms with Crippen molar-refractivity contribution in [1.29, 1.82) is 0 Å². The number of hydrogen-bond acceptors (Lipinski definition) is 6. The van der Waals surface area contributed by atoms with E-state index in [0.717, 1.165) is 25.0 Å².